The van der Waals surface area contributed by atoms with Gasteiger partial charge in [-0.2, -0.15) is 0 Å². The number of hydrogen-bond donors (Lipinski definition) is 0. The van der Waals surface area contributed by atoms with Crippen molar-refractivity contribution in [2.45, 2.75) is 0 Å². The zero-order chi connectivity index (χ0) is 37.0. The van der Waals surface area contributed by atoms with Gasteiger partial charge in [0.15, 0.2) is 17.5 Å². The zero-order valence-electron chi connectivity index (χ0n) is 30.3. The molecule has 0 fully saturated rings. The largest absolute Gasteiger partial charge is 0.317 e. The fourth-order valence-corrected chi connectivity index (χ4v) is 7.99. The third-order valence-electron chi connectivity index (χ3n) is 10.8. The topological polar surface area (TPSA) is 48.5 Å². The van der Waals surface area contributed by atoms with Crippen molar-refractivity contribution in [3.05, 3.63) is 200 Å². The summed E-state index contributed by atoms with van der Waals surface area (Å²) in [6, 6.07) is 68.4. The van der Waals surface area contributed by atoms with Gasteiger partial charge >= 0.3 is 0 Å². The number of fused-ring (bicyclic) bond motifs is 5. The predicted octanol–water partition coefficient (Wildman–Crippen LogP) is 12.7. The highest BCUT2D eigenvalue weighted by Crippen LogP contribution is 2.37. The first kappa shape index (κ1) is 31.9. The van der Waals surface area contributed by atoms with Crippen LogP contribution in [0.5, 0.6) is 0 Å². The predicted molar refractivity (Wildman–Crippen MR) is 230 cm³/mol. The molecule has 5 nitrogen and oxygen atoms in total. The number of hydrogen-bond acceptors (Lipinski definition) is 3. The highest BCUT2D eigenvalue weighted by Gasteiger charge is 2.16. The smallest absolute Gasteiger partial charge is 0.164 e. The van der Waals surface area contributed by atoms with Crippen LogP contribution in [0.3, 0.4) is 0 Å². The van der Waals surface area contributed by atoms with Crippen LogP contribution >= 0.6 is 0 Å². The summed E-state index contributed by atoms with van der Waals surface area (Å²) < 4.78 is 4.67. The van der Waals surface area contributed by atoms with Crippen LogP contribution in [-0.4, -0.2) is 24.1 Å². The summed E-state index contributed by atoms with van der Waals surface area (Å²) in [4.78, 5) is 14.7. The average Bonchev–Trinajstić information content (AvgIpc) is 3.84. The van der Waals surface area contributed by atoms with E-state index in [0.29, 0.717) is 17.5 Å². The first-order valence-electron chi connectivity index (χ1n) is 18.9. The SMILES string of the molecule is c1ccc(-c2nc(-c3ccccc3)nc(-c3ccc(-c4ccc(-n5c6ccccc6c6cc7cc8ccn(-c9ccccc9)c8cc7cc65)cc4)cc3)n2)cc1. The molecule has 11 aromatic rings. The van der Waals surface area contributed by atoms with Gasteiger partial charge in [-0.3, -0.25) is 0 Å². The Bertz CT molecular complexity index is 3140. The van der Waals surface area contributed by atoms with Gasteiger partial charge in [-0.15, -0.1) is 0 Å². The Hall–Kier alpha value is -7.63. The van der Waals surface area contributed by atoms with E-state index < -0.39 is 0 Å². The Balaban J connectivity index is 0.964. The van der Waals surface area contributed by atoms with E-state index in [9.17, 15) is 0 Å². The lowest BCUT2D eigenvalue weighted by atomic mass is 10.0. The number of aromatic nitrogens is 5. The van der Waals surface area contributed by atoms with E-state index in [2.05, 4.69) is 149 Å². The first-order valence-corrected chi connectivity index (χ1v) is 18.9. The van der Waals surface area contributed by atoms with Gasteiger partial charge in [-0.1, -0.05) is 133 Å². The first-order chi connectivity index (χ1) is 27.7. The van der Waals surface area contributed by atoms with Crippen LogP contribution in [-0.2, 0) is 0 Å². The van der Waals surface area contributed by atoms with Gasteiger partial charge in [-0.05, 0) is 82.6 Å². The van der Waals surface area contributed by atoms with Gasteiger partial charge in [0.25, 0.3) is 0 Å². The third kappa shape index (κ3) is 5.45. The van der Waals surface area contributed by atoms with Crippen molar-refractivity contribution in [2.24, 2.45) is 0 Å². The van der Waals surface area contributed by atoms with Crippen molar-refractivity contribution in [1.29, 1.82) is 0 Å². The molecule has 0 aliphatic carbocycles. The molecule has 262 valence electrons. The monoisotopic (exact) mass is 715 g/mol. The van der Waals surface area contributed by atoms with Crippen LogP contribution < -0.4 is 0 Å². The van der Waals surface area contributed by atoms with Crippen LogP contribution in [0.4, 0.5) is 0 Å². The van der Waals surface area contributed by atoms with E-state index in [4.69, 9.17) is 15.0 Å². The fraction of sp³-hybridized carbons (Fsp3) is 0. The lowest BCUT2D eigenvalue weighted by molar-refractivity contribution is 1.07. The minimum atomic E-state index is 0.646. The maximum atomic E-state index is 4.91. The van der Waals surface area contributed by atoms with E-state index in [-0.39, 0.29) is 0 Å². The van der Waals surface area contributed by atoms with Crippen LogP contribution in [0, 0.1) is 0 Å². The number of benzene rings is 8. The molecule has 0 bridgehead atoms. The molecule has 0 amide bonds. The van der Waals surface area contributed by atoms with E-state index >= 15 is 0 Å². The minimum absolute atomic E-state index is 0.646. The highest BCUT2D eigenvalue weighted by molar-refractivity contribution is 6.15. The maximum absolute atomic E-state index is 4.91. The lowest BCUT2D eigenvalue weighted by Crippen LogP contribution is -2.00. The van der Waals surface area contributed by atoms with Crippen LogP contribution in [0.25, 0.3) is 100 Å². The molecule has 11 rings (SSSR count). The molecule has 0 atom stereocenters. The van der Waals surface area contributed by atoms with Crippen molar-refractivity contribution in [2.75, 3.05) is 0 Å². The molecule has 0 spiro atoms. The second-order valence-electron chi connectivity index (χ2n) is 14.2. The van der Waals surface area contributed by atoms with E-state index in [1.165, 1.54) is 43.5 Å². The number of nitrogens with zero attached hydrogens (tertiary/aromatic N) is 5. The van der Waals surface area contributed by atoms with Gasteiger partial charge in [0, 0.05) is 50.4 Å². The van der Waals surface area contributed by atoms with Crippen LogP contribution in [0.15, 0.2) is 200 Å². The number of rotatable bonds is 6. The van der Waals surface area contributed by atoms with Crippen molar-refractivity contribution in [3.8, 4) is 56.7 Å². The minimum Gasteiger partial charge on any atom is -0.317 e. The zero-order valence-corrected chi connectivity index (χ0v) is 30.3. The van der Waals surface area contributed by atoms with Gasteiger partial charge in [0.2, 0.25) is 0 Å². The second kappa shape index (κ2) is 13.0. The Morgan fingerprint density at radius 3 is 1.45 bits per heavy atom. The van der Waals surface area contributed by atoms with E-state index in [1.807, 2.05) is 60.7 Å². The fourth-order valence-electron chi connectivity index (χ4n) is 7.99. The molecular formula is C51H33N5. The molecule has 56 heavy (non-hydrogen) atoms. The van der Waals surface area contributed by atoms with Gasteiger partial charge < -0.3 is 9.13 Å². The maximum Gasteiger partial charge on any atom is 0.164 e. The summed E-state index contributed by atoms with van der Waals surface area (Å²) in [5.74, 6) is 1.96. The van der Waals surface area contributed by atoms with Gasteiger partial charge in [0.1, 0.15) is 0 Å². The Labute approximate surface area is 323 Å². The van der Waals surface area contributed by atoms with Crippen LogP contribution in [0.2, 0.25) is 0 Å². The molecule has 0 N–H and O–H groups in total. The second-order valence-corrected chi connectivity index (χ2v) is 14.2. The lowest BCUT2D eigenvalue weighted by Gasteiger charge is -2.11. The van der Waals surface area contributed by atoms with Crippen molar-refractivity contribution < 1.29 is 0 Å². The summed E-state index contributed by atoms with van der Waals surface area (Å²) >= 11 is 0. The Morgan fingerprint density at radius 2 is 0.804 bits per heavy atom. The van der Waals surface area contributed by atoms with E-state index in [0.717, 1.165) is 39.2 Å². The summed E-state index contributed by atoms with van der Waals surface area (Å²) in [6.07, 6.45) is 2.17. The molecule has 0 saturated heterocycles. The summed E-state index contributed by atoms with van der Waals surface area (Å²) in [5.41, 5.74) is 11.0. The average molecular weight is 716 g/mol. The molecular weight excluding hydrogens is 683 g/mol. The van der Waals surface area contributed by atoms with Crippen molar-refractivity contribution in [3.63, 3.8) is 0 Å². The van der Waals surface area contributed by atoms with Gasteiger partial charge in [0.05, 0.1) is 16.6 Å². The summed E-state index contributed by atoms with van der Waals surface area (Å²) in [5, 5.41) is 6.18. The molecule has 8 aromatic carbocycles. The quantitative estimate of drug-likeness (QED) is 0.172. The van der Waals surface area contributed by atoms with Gasteiger partial charge in [-0.25, -0.2) is 15.0 Å². The summed E-state index contributed by atoms with van der Waals surface area (Å²) in [7, 11) is 0. The molecule has 0 aliphatic heterocycles. The molecule has 3 heterocycles. The Kier molecular flexibility index (Phi) is 7.42. The highest BCUT2D eigenvalue weighted by atomic mass is 15.0. The molecule has 0 unspecified atom stereocenters. The standard InChI is InChI=1S/C51H33N5/c1-4-12-36(13-5-1)49-52-50(37-14-6-2-7-15-37)54-51(53-49)38-22-20-34(21-23-38)35-24-26-43(27-25-35)56-46-19-11-10-18-44(46)45-31-40-30-39-28-29-55(42-16-8-3-9-17-42)47(39)32-41(40)33-48(45)56/h1-33H. The molecule has 5 heteroatoms. The third-order valence-corrected chi connectivity index (χ3v) is 10.8. The van der Waals surface area contributed by atoms with Crippen molar-refractivity contribution in [1.82, 2.24) is 24.1 Å². The molecule has 0 aliphatic rings. The summed E-state index contributed by atoms with van der Waals surface area (Å²) in [6.45, 7) is 0. The number of para-hydroxylation sites is 2. The molecule has 3 aromatic heterocycles. The van der Waals surface area contributed by atoms with Crippen LogP contribution in [0.1, 0.15) is 0 Å². The molecule has 0 radical (unpaired) electrons. The van der Waals surface area contributed by atoms with Crippen molar-refractivity contribution >= 4 is 43.5 Å². The molecule has 0 saturated carbocycles. The Morgan fingerprint density at radius 1 is 0.304 bits per heavy atom. The van der Waals surface area contributed by atoms with E-state index in [1.54, 1.807) is 0 Å². The normalized spacial score (nSPS) is 11.6.